The summed E-state index contributed by atoms with van der Waals surface area (Å²) in [5.41, 5.74) is 7.62. The molecular formula is C59H35F5N4. The Bertz CT molecular complexity index is 3910. The summed E-state index contributed by atoms with van der Waals surface area (Å²) >= 11 is 0. The van der Waals surface area contributed by atoms with Crippen molar-refractivity contribution in [1.29, 1.82) is 0 Å². The summed E-state index contributed by atoms with van der Waals surface area (Å²) in [6, 6.07) is 59.5. The number of hydrogen-bond acceptors (Lipinski definition) is 2. The van der Waals surface area contributed by atoms with E-state index in [1.165, 1.54) is 6.07 Å². The first-order valence-electron chi connectivity index (χ1n) is 22.0. The summed E-state index contributed by atoms with van der Waals surface area (Å²) in [4.78, 5) is 9.21. The zero-order valence-electron chi connectivity index (χ0n) is 35.9. The number of rotatable bonds is 7. The lowest BCUT2D eigenvalue weighted by molar-refractivity contribution is -0.137. The Morgan fingerprint density at radius 1 is 0.353 bits per heavy atom. The molecular weight excluding hydrogens is 860 g/mol. The van der Waals surface area contributed by atoms with Gasteiger partial charge in [0, 0.05) is 56.7 Å². The predicted octanol–water partition coefficient (Wildman–Crippen LogP) is 16.3. The minimum atomic E-state index is -4.99. The van der Waals surface area contributed by atoms with Crippen molar-refractivity contribution in [2.45, 2.75) is 6.18 Å². The summed E-state index contributed by atoms with van der Waals surface area (Å²) in [7, 11) is 0. The van der Waals surface area contributed by atoms with Gasteiger partial charge in [0.25, 0.3) is 0 Å². The molecule has 0 unspecified atom stereocenters. The van der Waals surface area contributed by atoms with Crippen molar-refractivity contribution < 1.29 is 22.0 Å². The normalized spacial score (nSPS) is 11.9. The molecule has 0 atom stereocenters. The van der Waals surface area contributed by atoms with E-state index in [4.69, 9.17) is 0 Å². The second-order valence-electron chi connectivity index (χ2n) is 16.8. The van der Waals surface area contributed by atoms with Crippen LogP contribution in [0.4, 0.5) is 22.0 Å². The zero-order chi connectivity index (χ0) is 46.1. The van der Waals surface area contributed by atoms with E-state index in [0.29, 0.717) is 38.9 Å². The standard InChI is InChI=1S/C59H35F5N4/c60-43-29-42(30-44(61)35-43)45-21-24-56(67-52-17-9-7-15-46(52)48-31-38(19-22-54(48)67)40-25-27-65-50(33-40)36-11-3-1-4-12-36)57(59(62,63)64)58(45)68-53-18-10-8-16-47(53)49-32-39(20-23-55(49)68)41-26-28-66-51(34-41)37-13-5-2-6-14-37/h1-35H. The number of hydrogen-bond donors (Lipinski definition) is 0. The molecule has 326 valence electrons. The summed E-state index contributed by atoms with van der Waals surface area (Å²) in [6.07, 6.45) is -1.49. The second kappa shape index (κ2) is 16.0. The molecule has 68 heavy (non-hydrogen) atoms. The third-order valence-electron chi connectivity index (χ3n) is 12.7. The van der Waals surface area contributed by atoms with Gasteiger partial charge in [0.05, 0.1) is 44.8 Å². The van der Waals surface area contributed by atoms with Gasteiger partial charge >= 0.3 is 6.18 Å². The van der Waals surface area contributed by atoms with E-state index in [1.54, 1.807) is 39.7 Å². The van der Waals surface area contributed by atoms with E-state index in [9.17, 15) is 0 Å². The number of pyridine rings is 2. The van der Waals surface area contributed by atoms with E-state index in [-0.39, 0.29) is 22.5 Å². The van der Waals surface area contributed by atoms with Crippen molar-refractivity contribution in [2.24, 2.45) is 0 Å². The number of para-hydroxylation sites is 2. The third-order valence-corrected chi connectivity index (χ3v) is 12.7. The highest BCUT2D eigenvalue weighted by atomic mass is 19.4. The quantitative estimate of drug-likeness (QED) is 0.149. The van der Waals surface area contributed by atoms with Crippen LogP contribution in [0, 0.1) is 11.6 Å². The van der Waals surface area contributed by atoms with Crippen LogP contribution in [0.2, 0.25) is 0 Å². The van der Waals surface area contributed by atoms with E-state index in [1.807, 2.05) is 158 Å². The molecule has 4 heterocycles. The molecule has 0 spiro atoms. The van der Waals surface area contributed by atoms with Gasteiger partial charge in [0.15, 0.2) is 0 Å². The van der Waals surface area contributed by atoms with Crippen LogP contribution in [0.5, 0.6) is 0 Å². The molecule has 0 fully saturated rings. The zero-order valence-corrected chi connectivity index (χ0v) is 35.9. The lowest BCUT2D eigenvalue weighted by atomic mass is 9.96. The van der Waals surface area contributed by atoms with E-state index >= 15 is 22.0 Å². The SMILES string of the molecule is Fc1cc(F)cc(-c2ccc(-n3c4ccccc4c4cc(-c5ccnc(-c6ccccc6)c5)ccc43)c(C(F)(F)F)c2-n2c3ccccc3c3cc(-c4ccnc(-c5ccccc5)c4)ccc32)c1. The molecule has 4 nitrogen and oxygen atoms in total. The Balaban J connectivity index is 1.12. The smallest absolute Gasteiger partial charge is 0.309 e. The molecule has 8 aromatic carbocycles. The number of alkyl halides is 3. The van der Waals surface area contributed by atoms with Crippen LogP contribution in [-0.2, 0) is 6.18 Å². The molecule has 0 aliphatic heterocycles. The summed E-state index contributed by atoms with van der Waals surface area (Å²) in [6.45, 7) is 0. The highest BCUT2D eigenvalue weighted by Gasteiger charge is 2.40. The molecule has 0 radical (unpaired) electrons. The Kier molecular flexibility index (Phi) is 9.62. The van der Waals surface area contributed by atoms with Gasteiger partial charge in [-0.05, 0) is 107 Å². The van der Waals surface area contributed by atoms with Gasteiger partial charge in [-0.1, -0.05) is 115 Å². The van der Waals surface area contributed by atoms with Crippen LogP contribution in [0.25, 0.3) is 111 Å². The Hall–Kier alpha value is -8.69. The van der Waals surface area contributed by atoms with Crippen LogP contribution in [0.1, 0.15) is 5.56 Å². The van der Waals surface area contributed by atoms with Crippen molar-refractivity contribution in [3.8, 4) is 67.3 Å². The Labute approximate surface area is 386 Å². The van der Waals surface area contributed by atoms with Crippen molar-refractivity contribution >= 4 is 43.6 Å². The first kappa shape index (κ1) is 40.8. The summed E-state index contributed by atoms with van der Waals surface area (Å²) < 4.78 is 83.7. The maximum absolute atomic E-state index is 16.7. The molecule has 12 aromatic rings. The molecule has 0 aliphatic rings. The fourth-order valence-corrected chi connectivity index (χ4v) is 9.78. The molecule has 9 heteroatoms. The van der Waals surface area contributed by atoms with Crippen LogP contribution >= 0.6 is 0 Å². The highest BCUT2D eigenvalue weighted by Crippen LogP contribution is 2.48. The minimum Gasteiger partial charge on any atom is -0.309 e. The van der Waals surface area contributed by atoms with Crippen LogP contribution in [-0.4, -0.2) is 19.1 Å². The molecule has 0 amide bonds. The monoisotopic (exact) mass is 894 g/mol. The molecule has 12 rings (SSSR count). The fraction of sp³-hybridized carbons (Fsp3) is 0.0169. The van der Waals surface area contributed by atoms with E-state index in [2.05, 4.69) is 9.97 Å². The van der Waals surface area contributed by atoms with Crippen molar-refractivity contribution in [2.75, 3.05) is 0 Å². The minimum absolute atomic E-state index is 0.00259. The average Bonchev–Trinajstić information content (AvgIpc) is 3.88. The topological polar surface area (TPSA) is 35.6 Å². The lowest BCUT2D eigenvalue weighted by Gasteiger charge is -2.24. The molecule has 0 saturated carbocycles. The van der Waals surface area contributed by atoms with Gasteiger partial charge in [0.2, 0.25) is 0 Å². The summed E-state index contributed by atoms with van der Waals surface area (Å²) in [5, 5.41) is 2.90. The summed E-state index contributed by atoms with van der Waals surface area (Å²) in [5.74, 6) is -1.82. The molecule has 0 saturated heterocycles. The fourth-order valence-electron chi connectivity index (χ4n) is 9.78. The molecule has 0 bridgehead atoms. The van der Waals surface area contributed by atoms with Crippen LogP contribution < -0.4 is 0 Å². The van der Waals surface area contributed by atoms with Gasteiger partial charge in [-0.25, -0.2) is 8.78 Å². The van der Waals surface area contributed by atoms with Gasteiger partial charge in [0.1, 0.15) is 17.2 Å². The first-order chi connectivity index (χ1) is 33.2. The average molecular weight is 895 g/mol. The number of aromatic nitrogens is 4. The van der Waals surface area contributed by atoms with Crippen LogP contribution in [0.15, 0.2) is 213 Å². The Morgan fingerprint density at radius 2 is 0.809 bits per heavy atom. The van der Waals surface area contributed by atoms with Gasteiger partial charge < -0.3 is 9.13 Å². The van der Waals surface area contributed by atoms with Gasteiger partial charge in [-0.3, -0.25) is 9.97 Å². The maximum atomic E-state index is 16.7. The Morgan fingerprint density at radius 3 is 1.34 bits per heavy atom. The number of fused-ring (bicyclic) bond motifs is 6. The first-order valence-corrected chi connectivity index (χ1v) is 22.0. The van der Waals surface area contributed by atoms with E-state index < -0.39 is 23.4 Å². The molecule has 4 aromatic heterocycles. The van der Waals surface area contributed by atoms with Crippen molar-refractivity contribution in [3.05, 3.63) is 230 Å². The number of benzene rings is 8. The molecule has 0 N–H and O–H groups in total. The lowest BCUT2D eigenvalue weighted by Crippen LogP contribution is -2.17. The molecule has 0 aliphatic carbocycles. The van der Waals surface area contributed by atoms with E-state index in [0.717, 1.165) is 67.7 Å². The van der Waals surface area contributed by atoms with Crippen molar-refractivity contribution in [1.82, 2.24) is 19.1 Å². The predicted molar refractivity (Wildman–Crippen MR) is 263 cm³/mol. The third kappa shape index (κ3) is 6.90. The maximum Gasteiger partial charge on any atom is 0.420 e. The van der Waals surface area contributed by atoms with Gasteiger partial charge in [-0.15, -0.1) is 0 Å². The van der Waals surface area contributed by atoms with Crippen molar-refractivity contribution in [3.63, 3.8) is 0 Å². The van der Waals surface area contributed by atoms with Crippen LogP contribution in [0.3, 0.4) is 0 Å². The van der Waals surface area contributed by atoms with Gasteiger partial charge in [-0.2, -0.15) is 13.2 Å². The number of halogens is 5. The second-order valence-corrected chi connectivity index (χ2v) is 16.8. The number of nitrogens with zero attached hydrogens (tertiary/aromatic N) is 4. The highest BCUT2D eigenvalue weighted by molar-refractivity contribution is 6.13. The largest absolute Gasteiger partial charge is 0.420 e.